The lowest BCUT2D eigenvalue weighted by molar-refractivity contribution is -0.141. The molecule has 146 valence electrons. The summed E-state index contributed by atoms with van der Waals surface area (Å²) in [6.45, 7) is 0. The van der Waals surface area contributed by atoms with E-state index in [1.165, 1.54) is 11.3 Å². The van der Waals surface area contributed by atoms with Crippen molar-refractivity contribution >= 4 is 39.7 Å². The predicted octanol–water partition coefficient (Wildman–Crippen LogP) is 5.44. The minimum atomic E-state index is -4.63. The number of guanidine groups is 1. The molecule has 0 aliphatic heterocycles. The number of hydrogen-bond acceptors (Lipinski definition) is 4. The van der Waals surface area contributed by atoms with Crippen LogP contribution in [0.15, 0.2) is 71.0 Å². The Morgan fingerprint density at radius 2 is 1.79 bits per heavy atom. The average Bonchev–Trinajstić information content (AvgIpc) is 3.22. The number of thiophene rings is 1. The van der Waals surface area contributed by atoms with E-state index in [4.69, 9.17) is 5.73 Å². The van der Waals surface area contributed by atoms with Crippen LogP contribution in [0, 0.1) is 0 Å². The Bertz CT molecular complexity index is 1180. The third-order valence-electron chi connectivity index (χ3n) is 4.05. The summed E-state index contributed by atoms with van der Waals surface area (Å²) in [6, 6.07) is 17.5. The highest BCUT2D eigenvalue weighted by Crippen LogP contribution is 2.33. The van der Waals surface area contributed by atoms with Crippen molar-refractivity contribution in [2.24, 2.45) is 10.7 Å². The molecule has 0 radical (unpaired) electrons. The van der Waals surface area contributed by atoms with Crippen LogP contribution in [0.3, 0.4) is 0 Å². The first-order valence-corrected chi connectivity index (χ1v) is 9.37. The van der Waals surface area contributed by atoms with Crippen molar-refractivity contribution in [1.82, 2.24) is 9.97 Å². The smallest absolute Gasteiger partial charge is 0.369 e. The number of nitrogens with zero attached hydrogens (tertiary/aromatic N) is 3. The number of nitrogens with two attached hydrogens (primary N) is 1. The number of halogens is 3. The monoisotopic (exact) mass is 413 g/mol. The normalized spacial score (nSPS) is 12.3. The standard InChI is InChI=1S/C20H14F3N5S/c21-20(22,23)17-11-15(16-9-4-10-29-16)26-19(27-17)28-18(24)25-14-8-3-6-12-5-1-2-7-13(12)14/h1-11H,(H3,24,25,26,27,28). The number of aromatic nitrogens is 2. The van der Waals surface area contributed by atoms with Crippen LogP contribution in [0.4, 0.5) is 24.8 Å². The lowest BCUT2D eigenvalue weighted by atomic mass is 10.1. The summed E-state index contributed by atoms with van der Waals surface area (Å²) >= 11 is 1.27. The van der Waals surface area contributed by atoms with Crippen molar-refractivity contribution in [3.05, 3.63) is 71.7 Å². The van der Waals surface area contributed by atoms with Gasteiger partial charge in [0, 0.05) is 11.1 Å². The first-order valence-electron chi connectivity index (χ1n) is 8.49. The van der Waals surface area contributed by atoms with Gasteiger partial charge in [-0.1, -0.05) is 42.5 Å². The first kappa shape index (κ1) is 18.9. The van der Waals surface area contributed by atoms with Crippen LogP contribution in [0.2, 0.25) is 0 Å². The van der Waals surface area contributed by atoms with Gasteiger partial charge < -0.3 is 11.1 Å². The molecule has 0 aliphatic rings. The molecule has 3 N–H and O–H groups in total. The summed E-state index contributed by atoms with van der Waals surface area (Å²) in [5, 5.41) is 6.56. The zero-order valence-electron chi connectivity index (χ0n) is 14.8. The number of anilines is 1. The molecule has 0 atom stereocenters. The van der Waals surface area contributed by atoms with Gasteiger partial charge in [-0.05, 0) is 29.0 Å². The molecule has 0 fully saturated rings. The molecule has 4 rings (SSSR count). The van der Waals surface area contributed by atoms with Crippen molar-refractivity contribution in [3.8, 4) is 10.6 Å². The quantitative estimate of drug-likeness (QED) is 0.347. The van der Waals surface area contributed by atoms with Gasteiger partial charge in [0.2, 0.25) is 5.96 Å². The van der Waals surface area contributed by atoms with Crippen molar-refractivity contribution in [2.45, 2.75) is 6.18 Å². The van der Waals surface area contributed by atoms with Crippen molar-refractivity contribution in [3.63, 3.8) is 0 Å². The molecule has 2 heterocycles. The predicted molar refractivity (Wildman–Crippen MR) is 109 cm³/mol. The minimum Gasteiger partial charge on any atom is -0.369 e. The molecule has 9 heteroatoms. The van der Waals surface area contributed by atoms with Crippen LogP contribution in [0.5, 0.6) is 0 Å². The maximum absolute atomic E-state index is 13.3. The third-order valence-corrected chi connectivity index (χ3v) is 4.94. The van der Waals surface area contributed by atoms with Crippen molar-refractivity contribution < 1.29 is 13.2 Å². The zero-order chi connectivity index (χ0) is 20.4. The van der Waals surface area contributed by atoms with Gasteiger partial charge in [0.15, 0.2) is 5.69 Å². The van der Waals surface area contributed by atoms with E-state index in [9.17, 15) is 13.2 Å². The number of alkyl halides is 3. The molecule has 2 aromatic carbocycles. The van der Waals surface area contributed by atoms with E-state index in [2.05, 4.69) is 20.3 Å². The van der Waals surface area contributed by atoms with Gasteiger partial charge in [0.1, 0.15) is 0 Å². The second-order valence-corrected chi connectivity index (χ2v) is 7.01. The molecule has 0 saturated carbocycles. The molecular formula is C20H14F3N5S. The number of fused-ring (bicyclic) bond motifs is 1. The Labute approximate surface area is 167 Å². The van der Waals surface area contributed by atoms with Crippen molar-refractivity contribution in [1.29, 1.82) is 0 Å². The van der Waals surface area contributed by atoms with Gasteiger partial charge in [-0.15, -0.1) is 11.3 Å². The molecule has 2 aromatic heterocycles. The number of nitrogens with one attached hydrogen (secondary N) is 1. The molecular weight excluding hydrogens is 399 g/mol. The highest BCUT2D eigenvalue weighted by Gasteiger charge is 2.34. The van der Waals surface area contributed by atoms with Gasteiger partial charge >= 0.3 is 6.18 Å². The van der Waals surface area contributed by atoms with Crippen LogP contribution in [0.25, 0.3) is 21.3 Å². The van der Waals surface area contributed by atoms with E-state index < -0.39 is 11.9 Å². The number of hydrogen-bond donors (Lipinski definition) is 2. The van der Waals surface area contributed by atoms with Crippen LogP contribution in [0.1, 0.15) is 5.69 Å². The number of aliphatic imine (C=N–C) groups is 1. The van der Waals surface area contributed by atoms with E-state index in [0.29, 0.717) is 10.6 Å². The highest BCUT2D eigenvalue weighted by atomic mass is 32.1. The molecule has 0 bridgehead atoms. The van der Waals surface area contributed by atoms with Crippen LogP contribution >= 0.6 is 11.3 Å². The summed E-state index contributed by atoms with van der Waals surface area (Å²) in [5.74, 6) is -0.480. The molecule has 0 saturated heterocycles. The van der Waals surface area contributed by atoms with Crippen LogP contribution < -0.4 is 11.1 Å². The number of benzene rings is 2. The molecule has 0 unspecified atom stereocenters. The second kappa shape index (κ2) is 7.51. The Kier molecular flexibility index (Phi) is 4.89. The summed E-state index contributed by atoms with van der Waals surface area (Å²) in [4.78, 5) is 12.2. The van der Waals surface area contributed by atoms with Crippen LogP contribution in [-0.2, 0) is 6.18 Å². The first-order chi connectivity index (χ1) is 13.9. The SMILES string of the molecule is NC(=Nc1nc(-c2cccs2)cc(C(F)(F)F)n1)Nc1cccc2ccccc12. The Morgan fingerprint density at radius 3 is 2.55 bits per heavy atom. The van der Waals surface area contributed by atoms with E-state index in [1.54, 1.807) is 23.6 Å². The topological polar surface area (TPSA) is 76.2 Å². The summed E-state index contributed by atoms with van der Waals surface area (Å²) < 4.78 is 39.8. The van der Waals surface area contributed by atoms with E-state index in [0.717, 1.165) is 16.8 Å². The Balaban J connectivity index is 1.72. The molecule has 29 heavy (non-hydrogen) atoms. The average molecular weight is 413 g/mol. The molecule has 5 nitrogen and oxygen atoms in total. The largest absolute Gasteiger partial charge is 0.433 e. The van der Waals surface area contributed by atoms with Gasteiger partial charge in [-0.3, -0.25) is 0 Å². The second-order valence-electron chi connectivity index (χ2n) is 6.06. The fraction of sp³-hybridized carbons (Fsp3) is 0.0500. The van der Waals surface area contributed by atoms with E-state index in [1.807, 2.05) is 36.4 Å². The van der Waals surface area contributed by atoms with Crippen molar-refractivity contribution in [2.75, 3.05) is 5.32 Å². The zero-order valence-corrected chi connectivity index (χ0v) is 15.6. The molecule has 4 aromatic rings. The van der Waals surface area contributed by atoms with Gasteiger partial charge in [-0.25, -0.2) is 9.97 Å². The maximum Gasteiger partial charge on any atom is 0.433 e. The molecule has 0 spiro atoms. The summed E-state index contributed by atoms with van der Waals surface area (Å²) in [5.41, 5.74) is 5.67. The van der Waals surface area contributed by atoms with Gasteiger partial charge in [-0.2, -0.15) is 18.2 Å². The lowest BCUT2D eigenvalue weighted by Gasteiger charge is -2.10. The van der Waals surface area contributed by atoms with Gasteiger partial charge in [0.05, 0.1) is 10.6 Å². The van der Waals surface area contributed by atoms with Crippen LogP contribution in [-0.4, -0.2) is 15.9 Å². The number of rotatable bonds is 3. The molecule has 0 amide bonds. The summed E-state index contributed by atoms with van der Waals surface area (Å²) in [6.07, 6.45) is -4.63. The molecule has 0 aliphatic carbocycles. The fourth-order valence-electron chi connectivity index (χ4n) is 2.79. The van der Waals surface area contributed by atoms with E-state index >= 15 is 0 Å². The third kappa shape index (κ3) is 4.19. The summed E-state index contributed by atoms with van der Waals surface area (Å²) in [7, 11) is 0. The Morgan fingerprint density at radius 1 is 1.00 bits per heavy atom. The fourth-order valence-corrected chi connectivity index (χ4v) is 3.47. The lowest BCUT2D eigenvalue weighted by Crippen LogP contribution is -2.22. The maximum atomic E-state index is 13.3. The van der Waals surface area contributed by atoms with Gasteiger partial charge in [0.25, 0.3) is 5.95 Å². The Hall–Kier alpha value is -3.46. The van der Waals surface area contributed by atoms with E-state index in [-0.39, 0.29) is 17.6 Å². The minimum absolute atomic E-state index is 0.113. The highest BCUT2D eigenvalue weighted by molar-refractivity contribution is 7.13.